The average Bonchev–Trinajstić information content (AvgIpc) is 3.51. The minimum atomic E-state index is -0.154. The molecule has 1 aliphatic rings. The zero-order valence-electron chi connectivity index (χ0n) is 17.5. The number of carbonyl (C=O) groups is 2. The zero-order valence-corrected chi connectivity index (χ0v) is 18.3. The number of ether oxygens (including phenoxy) is 2. The van der Waals surface area contributed by atoms with Crippen LogP contribution in [0.2, 0.25) is 0 Å². The predicted molar refractivity (Wildman–Crippen MR) is 121 cm³/mol. The SMILES string of the molecule is COc1ccc(OC)c(C2CCCN2C(=O)c2ccc(NC(=O)c3cccs3)cc2)c1. The van der Waals surface area contributed by atoms with Gasteiger partial charge in [-0.15, -0.1) is 11.3 Å². The summed E-state index contributed by atoms with van der Waals surface area (Å²) in [6, 6.07) is 16.2. The maximum Gasteiger partial charge on any atom is 0.265 e. The topological polar surface area (TPSA) is 67.9 Å². The smallest absolute Gasteiger partial charge is 0.265 e. The van der Waals surface area contributed by atoms with Gasteiger partial charge in [0.25, 0.3) is 11.8 Å². The summed E-state index contributed by atoms with van der Waals surface area (Å²) in [5, 5.41) is 4.72. The van der Waals surface area contributed by atoms with Gasteiger partial charge in [-0.05, 0) is 66.8 Å². The quantitative estimate of drug-likeness (QED) is 0.591. The molecule has 0 radical (unpaired) electrons. The Morgan fingerprint density at radius 1 is 1.06 bits per heavy atom. The third-order valence-electron chi connectivity index (χ3n) is 5.44. The number of rotatable bonds is 6. The number of nitrogens with one attached hydrogen (secondary N) is 1. The zero-order chi connectivity index (χ0) is 21.8. The molecule has 1 atom stereocenters. The van der Waals surface area contributed by atoms with Crippen LogP contribution in [0.3, 0.4) is 0 Å². The van der Waals surface area contributed by atoms with E-state index in [0.29, 0.717) is 22.7 Å². The number of anilines is 1. The van der Waals surface area contributed by atoms with E-state index < -0.39 is 0 Å². The molecule has 0 aliphatic carbocycles. The second-order valence-corrected chi connectivity index (χ2v) is 8.22. The fourth-order valence-electron chi connectivity index (χ4n) is 3.90. The van der Waals surface area contributed by atoms with Gasteiger partial charge in [0.2, 0.25) is 0 Å². The van der Waals surface area contributed by atoms with Crippen molar-refractivity contribution in [1.29, 1.82) is 0 Å². The Labute approximate surface area is 185 Å². The number of methoxy groups -OCH3 is 2. The molecule has 6 nitrogen and oxygen atoms in total. The molecule has 4 rings (SSSR count). The van der Waals surface area contributed by atoms with Crippen molar-refractivity contribution in [1.82, 2.24) is 4.90 Å². The second-order valence-electron chi connectivity index (χ2n) is 7.27. The molecule has 7 heteroatoms. The van der Waals surface area contributed by atoms with Crippen molar-refractivity contribution in [2.75, 3.05) is 26.1 Å². The molecule has 1 fully saturated rings. The number of thiophene rings is 1. The maximum absolute atomic E-state index is 13.3. The fraction of sp³-hybridized carbons (Fsp3) is 0.250. The molecule has 1 aromatic heterocycles. The number of benzene rings is 2. The van der Waals surface area contributed by atoms with Crippen LogP contribution in [0.1, 0.15) is 44.5 Å². The molecule has 31 heavy (non-hydrogen) atoms. The number of hydrogen-bond donors (Lipinski definition) is 1. The Morgan fingerprint density at radius 2 is 1.87 bits per heavy atom. The molecule has 2 amide bonds. The van der Waals surface area contributed by atoms with Crippen molar-refractivity contribution in [3.8, 4) is 11.5 Å². The van der Waals surface area contributed by atoms with Crippen LogP contribution in [-0.2, 0) is 0 Å². The van der Waals surface area contributed by atoms with Gasteiger partial charge in [-0.2, -0.15) is 0 Å². The summed E-state index contributed by atoms with van der Waals surface area (Å²) in [5.41, 5.74) is 2.19. The molecule has 1 N–H and O–H groups in total. The van der Waals surface area contributed by atoms with E-state index >= 15 is 0 Å². The molecular formula is C24H24N2O4S. The van der Waals surface area contributed by atoms with E-state index in [1.807, 2.05) is 34.5 Å². The number of likely N-dealkylation sites (tertiary alicyclic amines) is 1. The standard InChI is InChI=1S/C24H24N2O4S/c1-29-18-11-12-21(30-2)19(15-18)20-5-3-13-26(20)24(28)16-7-9-17(10-8-16)25-23(27)22-6-4-14-31-22/h4,6-12,14-15,20H,3,5,13H2,1-2H3,(H,25,27). The Bertz CT molecular complexity index is 1060. The summed E-state index contributed by atoms with van der Waals surface area (Å²) in [6.45, 7) is 0.681. The van der Waals surface area contributed by atoms with Gasteiger partial charge in [-0.1, -0.05) is 6.07 Å². The van der Waals surface area contributed by atoms with Gasteiger partial charge in [-0.3, -0.25) is 9.59 Å². The third kappa shape index (κ3) is 4.41. The Balaban J connectivity index is 1.52. The van der Waals surface area contributed by atoms with Crippen LogP contribution >= 0.6 is 11.3 Å². The van der Waals surface area contributed by atoms with E-state index in [1.165, 1.54) is 11.3 Å². The highest BCUT2D eigenvalue weighted by Crippen LogP contribution is 2.39. The average molecular weight is 437 g/mol. The Kier molecular flexibility index (Phi) is 6.23. The monoisotopic (exact) mass is 436 g/mol. The molecule has 2 aromatic carbocycles. The van der Waals surface area contributed by atoms with Crippen molar-refractivity contribution < 1.29 is 19.1 Å². The van der Waals surface area contributed by atoms with E-state index in [2.05, 4.69) is 5.32 Å². The predicted octanol–water partition coefficient (Wildman–Crippen LogP) is 4.99. The molecule has 1 unspecified atom stereocenters. The normalized spacial score (nSPS) is 15.5. The van der Waals surface area contributed by atoms with Gasteiger partial charge in [-0.25, -0.2) is 0 Å². The van der Waals surface area contributed by atoms with E-state index in [0.717, 1.165) is 29.9 Å². The third-order valence-corrected chi connectivity index (χ3v) is 6.31. The first-order chi connectivity index (χ1) is 15.1. The number of carbonyl (C=O) groups excluding carboxylic acids is 2. The summed E-state index contributed by atoms with van der Waals surface area (Å²) in [5.74, 6) is 1.29. The molecule has 0 spiro atoms. The van der Waals surface area contributed by atoms with Crippen LogP contribution in [0.25, 0.3) is 0 Å². The Morgan fingerprint density at radius 3 is 2.55 bits per heavy atom. The lowest BCUT2D eigenvalue weighted by Gasteiger charge is -2.27. The fourth-order valence-corrected chi connectivity index (χ4v) is 4.51. The van der Waals surface area contributed by atoms with E-state index in [-0.39, 0.29) is 17.9 Å². The summed E-state index contributed by atoms with van der Waals surface area (Å²) >= 11 is 1.39. The van der Waals surface area contributed by atoms with E-state index in [4.69, 9.17) is 9.47 Å². The lowest BCUT2D eigenvalue weighted by atomic mass is 10.0. The molecule has 3 aromatic rings. The van der Waals surface area contributed by atoms with Crippen molar-refractivity contribution in [3.05, 3.63) is 76.0 Å². The van der Waals surface area contributed by atoms with Crippen molar-refractivity contribution in [2.24, 2.45) is 0 Å². The van der Waals surface area contributed by atoms with Crippen LogP contribution in [0.5, 0.6) is 11.5 Å². The van der Waals surface area contributed by atoms with Crippen LogP contribution in [0, 0.1) is 0 Å². The van der Waals surface area contributed by atoms with Gasteiger partial charge in [0.1, 0.15) is 11.5 Å². The molecule has 2 heterocycles. The highest BCUT2D eigenvalue weighted by molar-refractivity contribution is 7.12. The molecule has 160 valence electrons. The second kappa shape index (κ2) is 9.22. The van der Waals surface area contributed by atoms with Gasteiger partial charge in [0, 0.05) is 23.4 Å². The first kappa shape index (κ1) is 20.9. The van der Waals surface area contributed by atoms with Crippen LogP contribution in [0.15, 0.2) is 60.0 Å². The van der Waals surface area contributed by atoms with Gasteiger partial charge in [0.15, 0.2) is 0 Å². The van der Waals surface area contributed by atoms with Crippen molar-refractivity contribution in [2.45, 2.75) is 18.9 Å². The largest absolute Gasteiger partial charge is 0.497 e. The molecule has 0 bridgehead atoms. The number of nitrogens with zero attached hydrogens (tertiary/aromatic N) is 1. The van der Waals surface area contributed by atoms with E-state index in [9.17, 15) is 9.59 Å². The first-order valence-corrected chi connectivity index (χ1v) is 11.0. The first-order valence-electron chi connectivity index (χ1n) is 10.1. The van der Waals surface area contributed by atoms with Gasteiger partial charge >= 0.3 is 0 Å². The lowest BCUT2D eigenvalue weighted by molar-refractivity contribution is 0.0734. The van der Waals surface area contributed by atoms with Crippen LogP contribution < -0.4 is 14.8 Å². The van der Waals surface area contributed by atoms with Gasteiger partial charge < -0.3 is 19.7 Å². The summed E-state index contributed by atoms with van der Waals surface area (Å²) < 4.78 is 10.9. The highest BCUT2D eigenvalue weighted by atomic mass is 32.1. The van der Waals surface area contributed by atoms with Crippen LogP contribution in [-0.4, -0.2) is 37.5 Å². The molecular weight excluding hydrogens is 412 g/mol. The van der Waals surface area contributed by atoms with Crippen molar-refractivity contribution in [3.63, 3.8) is 0 Å². The molecule has 1 saturated heterocycles. The minimum Gasteiger partial charge on any atom is -0.497 e. The summed E-state index contributed by atoms with van der Waals surface area (Å²) in [6.07, 6.45) is 1.79. The highest BCUT2D eigenvalue weighted by Gasteiger charge is 2.32. The summed E-state index contributed by atoms with van der Waals surface area (Å²) in [7, 11) is 3.26. The lowest BCUT2D eigenvalue weighted by Crippen LogP contribution is -2.30. The van der Waals surface area contributed by atoms with Gasteiger partial charge in [0.05, 0.1) is 25.1 Å². The minimum absolute atomic E-state index is 0.0384. The molecule has 0 saturated carbocycles. The maximum atomic E-state index is 13.3. The van der Waals surface area contributed by atoms with E-state index in [1.54, 1.807) is 44.6 Å². The van der Waals surface area contributed by atoms with Crippen LogP contribution in [0.4, 0.5) is 5.69 Å². The Hall–Kier alpha value is -3.32. The number of hydrogen-bond acceptors (Lipinski definition) is 5. The summed E-state index contributed by atoms with van der Waals surface area (Å²) in [4.78, 5) is 28.0. The van der Waals surface area contributed by atoms with Crippen molar-refractivity contribution >= 4 is 28.8 Å². The number of amides is 2. The molecule has 1 aliphatic heterocycles.